The van der Waals surface area contributed by atoms with Crippen molar-refractivity contribution in [3.63, 3.8) is 0 Å². The summed E-state index contributed by atoms with van der Waals surface area (Å²) >= 11 is 0. The van der Waals surface area contributed by atoms with Gasteiger partial charge in [0, 0.05) is 6.92 Å². The van der Waals surface area contributed by atoms with Gasteiger partial charge in [0.25, 0.3) is 5.91 Å². The summed E-state index contributed by atoms with van der Waals surface area (Å²) in [4.78, 5) is 16.6. The molecule has 8 heteroatoms. The number of benzene rings is 2. The number of rotatable bonds is 6. The average molecular weight is 373 g/mol. The highest BCUT2D eigenvalue weighted by molar-refractivity contribution is 5.97. The number of nitrogens with zero attached hydrogens (tertiary/aromatic N) is 2. The Morgan fingerprint density at radius 1 is 1.22 bits per heavy atom. The van der Waals surface area contributed by atoms with Gasteiger partial charge in [0.1, 0.15) is 5.75 Å². The van der Waals surface area contributed by atoms with E-state index in [1.54, 1.807) is 38.1 Å². The third-order valence-electron chi connectivity index (χ3n) is 3.85. The quantitative estimate of drug-likeness (QED) is 0.712. The SMILES string of the molecule is Cc1nc(COc2ccccc2C(=O)N[C@H](C)c2ccc(F)c(F)c2)no1. The maximum Gasteiger partial charge on any atom is 0.255 e. The lowest BCUT2D eigenvalue weighted by Gasteiger charge is -2.16. The molecule has 0 fully saturated rings. The van der Waals surface area contributed by atoms with Crippen molar-refractivity contribution >= 4 is 5.91 Å². The number of halogens is 2. The predicted octanol–water partition coefficient (Wildman–Crippen LogP) is 3.73. The molecule has 27 heavy (non-hydrogen) atoms. The molecule has 3 aromatic rings. The first kappa shape index (κ1) is 18.5. The summed E-state index contributed by atoms with van der Waals surface area (Å²) in [5.74, 6) is -1.19. The van der Waals surface area contributed by atoms with E-state index in [1.807, 2.05) is 0 Å². The second kappa shape index (κ2) is 7.94. The summed E-state index contributed by atoms with van der Waals surface area (Å²) in [6.07, 6.45) is 0. The van der Waals surface area contributed by atoms with Gasteiger partial charge in [-0.15, -0.1) is 0 Å². The Balaban J connectivity index is 1.71. The molecule has 1 amide bonds. The third kappa shape index (κ3) is 4.46. The molecule has 0 aliphatic rings. The van der Waals surface area contributed by atoms with Crippen molar-refractivity contribution in [3.05, 3.63) is 76.9 Å². The fraction of sp³-hybridized carbons (Fsp3) is 0.211. The topological polar surface area (TPSA) is 77.2 Å². The maximum atomic E-state index is 13.4. The fourth-order valence-corrected chi connectivity index (χ4v) is 2.46. The van der Waals surface area contributed by atoms with Crippen LogP contribution >= 0.6 is 0 Å². The first-order chi connectivity index (χ1) is 12.9. The van der Waals surface area contributed by atoms with Gasteiger partial charge in [-0.05, 0) is 36.8 Å². The minimum Gasteiger partial charge on any atom is -0.485 e. The Labute approximate surface area is 154 Å². The van der Waals surface area contributed by atoms with Crippen molar-refractivity contribution < 1.29 is 22.8 Å². The summed E-state index contributed by atoms with van der Waals surface area (Å²) in [6, 6.07) is 9.65. The van der Waals surface area contributed by atoms with Gasteiger partial charge in [-0.2, -0.15) is 4.98 Å². The maximum absolute atomic E-state index is 13.4. The lowest BCUT2D eigenvalue weighted by atomic mass is 10.1. The Kier molecular flexibility index (Phi) is 5.44. The second-order valence-electron chi connectivity index (χ2n) is 5.88. The van der Waals surface area contributed by atoms with Crippen molar-refractivity contribution in [2.24, 2.45) is 0 Å². The number of carbonyl (C=O) groups is 1. The van der Waals surface area contributed by atoms with Crippen molar-refractivity contribution in [2.45, 2.75) is 26.5 Å². The van der Waals surface area contributed by atoms with Gasteiger partial charge in [-0.1, -0.05) is 23.4 Å². The van der Waals surface area contributed by atoms with E-state index in [-0.39, 0.29) is 6.61 Å². The van der Waals surface area contributed by atoms with Gasteiger partial charge in [0.2, 0.25) is 11.7 Å². The monoisotopic (exact) mass is 373 g/mol. The minimum absolute atomic E-state index is 0.0420. The van der Waals surface area contributed by atoms with Crippen LogP contribution in [0.15, 0.2) is 47.0 Å². The molecule has 6 nitrogen and oxygen atoms in total. The molecular weight excluding hydrogens is 356 g/mol. The van der Waals surface area contributed by atoms with Gasteiger partial charge in [-0.25, -0.2) is 8.78 Å². The van der Waals surface area contributed by atoms with Crippen molar-refractivity contribution in [1.82, 2.24) is 15.5 Å². The van der Waals surface area contributed by atoms with Crippen LogP contribution in [0.1, 0.15) is 40.6 Å². The number of aryl methyl sites for hydroxylation is 1. The molecule has 140 valence electrons. The largest absolute Gasteiger partial charge is 0.485 e. The van der Waals surface area contributed by atoms with E-state index < -0.39 is 23.6 Å². The van der Waals surface area contributed by atoms with E-state index in [0.717, 1.165) is 12.1 Å². The van der Waals surface area contributed by atoms with Gasteiger partial charge < -0.3 is 14.6 Å². The first-order valence-corrected chi connectivity index (χ1v) is 8.21. The molecular formula is C19H17F2N3O3. The van der Waals surface area contributed by atoms with Gasteiger partial charge in [0.05, 0.1) is 11.6 Å². The fourth-order valence-electron chi connectivity index (χ4n) is 2.46. The zero-order valence-electron chi connectivity index (χ0n) is 14.7. The number of para-hydroxylation sites is 1. The smallest absolute Gasteiger partial charge is 0.255 e. The Hall–Kier alpha value is -3.29. The molecule has 0 radical (unpaired) electrons. The Morgan fingerprint density at radius 3 is 2.70 bits per heavy atom. The summed E-state index contributed by atoms with van der Waals surface area (Å²) in [5.41, 5.74) is 0.745. The number of nitrogens with one attached hydrogen (secondary N) is 1. The zero-order valence-corrected chi connectivity index (χ0v) is 14.7. The molecule has 0 aliphatic heterocycles. The number of carbonyl (C=O) groups excluding carboxylic acids is 1. The van der Waals surface area contributed by atoms with Crippen LogP contribution in [0, 0.1) is 18.6 Å². The molecule has 0 saturated heterocycles. The lowest BCUT2D eigenvalue weighted by Crippen LogP contribution is -2.27. The molecule has 1 N–H and O–H groups in total. The van der Waals surface area contributed by atoms with Crippen LogP contribution in [0.2, 0.25) is 0 Å². The summed E-state index contributed by atoms with van der Waals surface area (Å²) in [6.45, 7) is 3.38. The number of hydrogen-bond acceptors (Lipinski definition) is 5. The molecule has 3 rings (SSSR count). The molecule has 2 aromatic carbocycles. The van der Waals surface area contributed by atoms with Crippen molar-refractivity contribution in [3.8, 4) is 5.75 Å². The van der Waals surface area contributed by atoms with Crippen LogP contribution in [-0.2, 0) is 6.61 Å². The van der Waals surface area contributed by atoms with E-state index in [9.17, 15) is 13.6 Å². The van der Waals surface area contributed by atoms with Gasteiger partial charge >= 0.3 is 0 Å². The molecule has 0 spiro atoms. The minimum atomic E-state index is -0.965. The van der Waals surface area contributed by atoms with Crippen molar-refractivity contribution in [1.29, 1.82) is 0 Å². The van der Waals surface area contributed by atoms with Crippen LogP contribution in [-0.4, -0.2) is 16.0 Å². The Morgan fingerprint density at radius 2 is 2.00 bits per heavy atom. The van der Waals surface area contributed by atoms with E-state index in [1.165, 1.54) is 6.07 Å². The molecule has 0 bridgehead atoms. The zero-order chi connectivity index (χ0) is 19.4. The standard InChI is InChI=1S/C19H17F2N3O3/c1-11(13-7-8-15(20)16(21)9-13)22-19(25)14-5-3-4-6-17(14)26-10-18-23-12(2)27-24-18/h3-9,11H,10H2,1-2H3,(H,22,25)/t11-/m1/s1. The average Bonchev–Trinajstić information content (AvgIpc) is 3.07. The highest BCUT2D eigenvalue weighted by Gasteiger charge is 2.17. The van der Waals surface area contributed by atoms with Crippen LogP contribution in [0.4, 0.5) is 8.78 Å². The first-order valence-electron chi connectivity index (χ1n) is 8.21. The van der Waals surface area contributed by atoms with E-state index in [4.69, 9.17) is 9.26 Å². The van der Waals surface area contributed by atoms with Crippen LogP contribution < -0.4 is 10.1 Å². The van der Waals surface area contributed by atoms with Crippen LogP contribution in [0.3, 0.4) is 0 Å². The van der Waals surface area contributed by atoms with E-state index in [2.05, 4.69) is 15.5 Å². The molecule has 1 atom stereocenters. The highest BCUT2D eigenvalue weighted by atomic mass is 19.2. The summed E-state index contributed by atoms with van der Waals surface area (Å²) in [5, 5.41) is 6.47. The lowest BCUT2D eigenvalue weighted by molar-refractivity contribution is 0.0935. The molecule has 0 unspecified atom stereocenters. The molecule has 0 saturated carbocycles. The third-order valence-corrected chi connectivity index (χ3v) is 3.85. The second-order valence-corrected chi connectivity index (χ2v) is 5.88. The van der Waals surface area contributed by atoms with Gasteiger partial charge in [0.15, 0.2) is 18.2 Å². The van der Waals surface area contributed by atoms with E-state index in [0.29, 0.717) is 28.6 Å². The predicted molar refractivity (Wildman–Crippen MR) is 92.0 cm³/mol. The van der Waals surface area contributed by atoms with Crippen LogP contribution in [0.5, 0.6) is 5.75 Å². The number of hydrogen-bond donors (Lipinski definition) is 1. The van der Waals surface area contributed by atoms with Crippen molar-refractivity contribution in [2.75, 3.05) is 0 Å². The van der Waals surface area contributed by atoms with E-state index >= 15 is 0 Å². The number of aromatic nitrogens is 2. The highest BCUT2D eigenvalue weighted by Crippen LogP contribution is 2.21. The summed E-state index contributed by atoms with van der Waals surface area (Å²) < 4.78 is 37.0. The van der Waals surface area contributed by atoms with Crippen LogP contribution in [0.25, 0.3) is 0 Å². The molecule has 1 aromatic heterocycles. The number of amides is 1. The van der Waals surface area contributed by atoms with Gasteiger partial charge in [-0.3, -0.25) is 4.79 Å². The summed E-state index contributed by atoms with van der Waals surface area (Å²) in [7, 11) is 0. The number of ether oxygens (including phenoxy) is 1. The molecule has 1 heterocycles. The molecule has 0 aliphatic carbocycles. The Bertz CT molecular complexity index is 959. The normalized spacial score (nSPS) is 11.9.